The minimum atomic E-state index is -3.61. The highest BCUT2D eigenvalue weighted by molar-refractivity contribution is 7.94. The third-order valence-electron chi connectivity index (χ3n) is 3.45. The monoisotopic (exact) mass is 352 g/mol. The van der Waals surface area contributed by atoms with Gasteiger partial charge in [0.05, 0.1) is 16.8 Å². The molecule has 8 heteroatoms. The molecule has 122 valence electrons. The van der Waals surface area contributed by atoms with Gasteiger partial charge in [0.25, 0.3) is 10.0 Å². The van der Waals surface area contributed by atoms with Crippen molar-refractivity contribution in [3.8, 4) is 5.75 Å². The number of amides is 1. The zero-order valence-electron chi connectivity index (χ0n) is 12.6. The fraction of sp³-hybridized carbons (Fsp3) is 0.267. The van der Waals surface area contributed by atoms with Gasteiger partial charge < -0.3 is 10.1 Å². The van der Waals surface area contributed by atoms with Crippen LogP contribution in [0.25, 0.3) is 0 Å². The maximum absolute atomic E-state index is 12.2. The standard InChI is InChI=1S/C15H16N2O4S2/c1-15(2)9-21-12-8-10(5-6-11(12)16-14(15)18)17-23(19,20)13-4-3-7-22-13/h3-8,17H,9H2,1-2H3,(H,16,18). The first kappa shape index (κ1) is 15.8. The molecule has 0 atom stereocenters. The van der Waals surface area contributed by atoms with E-state index in [0.717, 1.165) is 11.3 Å². The molecule has 23 heavy (non-hydrogen) atoms. The van der Waals surface area contributed by atoms with Crippen LogP contribution in [0.1, 0.15) is 13.8 Å². The Balaban J connectivity index is 1.88. The molecule has 6 nitrogen and oxygen atoms in total. The molecule has 1 aromatic carbocycles. The van der Waals surface area contributed by atoms with Gasteiger partial charge in [-0.2, -0.15) is 0 Å². The number of anilines is 2. The minimum absolute atomic E-state index is 0.136. The zero-order valence-corrected chi connectivity index (χ0v) is 14.3. The maximum Gasteiger partial charge on any atom is 0.271 e. The molecular weight excluding hydrogens is 336 g/mol. The third-order valence-corrected chi connectivity index (χ3v) is 6.22. The number of hydrogen-bond donors (Lipinski definition) is 2. The SMILES string of the molecule is CC1(C)COc2cc(NS(=O)(=O)c3cccs3)ccc2NC1=O. The molecule has 1 aliphatic rings. The zero-order chi connectivity index (χ0) is 16.7. The van der Waals surface area contributed by atoms with Crippen molar-refractivity contribution in [3.05, 3.63) is 35.7 Å². The van der Waals surface area contributed by atoms with Crippen LogP contribution in [0.15, 0.2) is 39.9 Å². The topological polar surface area (TPSA) is 84.5 Å². The molecule has 2 aromatic rings. The molecule has 0 saturated carbocycles. The molecule has 0 aliphatic carbocycles. The van der Waals surface area contributed by atoms with E-state index in [2.05, 4.69) is 10.0 Å². The first-order valence-corrected chi connectivity index (χ1v) is 9.29. The van der Waals surface area contributed by atoms with Crippen molar-refractivity contribution < 1.29 is 17.9 Å². The highest BCUT2D eigenvalue weighted by Gasteiger charge is 2.32. The smallest absolute Gasteiger partial charge is 0.271 e. The summed E-state index contributed by atoms with van der Waals surface area (Å²) >= 11 is 1.14. The summed E-state index contributed by atoms with van der Waals surface area (Å²) in [6, 6.07) is 8.00. The Bertz CT molecular complexity index is 842. The molecular formula is C15H16N2O4S2. The van der Waals surface area contributed by atoms with Crippen LogP contribution in [0.3, 0.4) is 0 Å². The van der Waals surface area contributed by atoms with Gasteiger partial charge in [-0.1, -0.05) is 6.07 Å². The van der Waals surface area contributed by atoms with Crippen LogP contribution in [0.4, 0.5) is 11.4 Å². The molecule has 0 radical (unpaired) electrons. The Morgan fingerprint density at radius 3 is 2.78 bits per heavy atom. The summed E-state index contributed by atoms with van der Waals surface area (Å²) in [5, 5.41) is 4.49. The molecule has 1 aromatic heterocycles. The predicted octanol–water partition coefficient (Wildman–Crippen LogP) is 2.91. The van der Waals surface area contributed by atoms with Crippen LogP contribution in [0.2, 0.25) is 0 Å². The molecule has 0 fully saturated rings. The molecule has 2 N–H and O–H groups in total. The van der Waals surface area contributed by atoms with E-state index in [1.54, 1.807) is 43.5 Å². The first-order valence-electron chi connectivity index (χ1n) is 6.93. The van der Waals surface area contributed by atoms with Crippen LogP contribution in [-0.2, 0) is 14.8 Å². The number of sulfonamides is 1. The first-order chi connectivity index (χ1) is 10.8. The Kier molecular flexibility index (Phi) is 3.81. The normalized spacial score (nSPS) is 16.7. The molecule has 0 spiro atoms. The molecule has 2 heterocycles. The van der Waals surface area contributed by atoms with Crippen molar-refractivity contribution in [2.75, 3.05) is 16.6 Å². The Labute approximate surface area is 138 Å². The molecule has 3 rings (SSSR count). The van der Waals surface area contributed by atoms with E-state index in [0.29, 0.717) is 17.1 Å². The number of ether oxygens (including phenoxy) is 1. The van der Waals surface area contributed by atoms with Crippen LogP contribution >= 0.6 is 11.3 Å². The second-order valence-corrected chi connectivity index (χ2v) is 8.73. The van der Waals surface area contributed by atoms with E-state index in [1.165, 1.54) is 6.07 Å². The Morgan fingerprint density at radius 2 is 2.09 bits per heavy atom. The van der Waals surface area contributed by atoms with Crippen molar-refractivity contribution >= 4 is 38.6 Å². The van der Waals surface area contributed by atoms with Gasteiger partial charge in [-0.15, -0.1) is 11.3 Å². The fourth-order valence-corrected chi connectivity index (χ4v) is 4.09. The van der Waals surface area contributed by atoms with Gasteiger partial charge in [0.15, 0.2) is 0 Å². The average molecular weight is 352 g/mol. The number of hydrogen-bond acceptors (Lipinski definition) is 5. The number of carbonyl (C=O) groups excluding carboxylic acids is 1. The van der Waals surface area contributed by atoms with Gasteiger partial charge in [-0.05, 0) is 37.4 Å². The van der Waals surface area contributed by atoms with E-state index >= 15 is 0 Å². The van der Waals surface area contributed by atoms with Gasteiger partial charge >= 0.3 is 0 Å². The van der Waals surface area contributed by atoms with E-state index in [9.17, 15) is 13.2 Å². The van der Waals surface area contributed by atoms with Gasteiger partial charge in [-0.25, -0.2) is 8.42 Å². The molecule has 0 bridgehead atoms. The Hall–Kier alpha value is -2.06. The second kappa shape index (κ2) is 5.54. The number of nitrogens with one attached hydrogen (secondary N) is 2. The highest BCUT2D eigenvalue weighted by atomic mass is 32.2. The number of rotatable bonds is 3. The van der Waals surface area contributed by atoms with Crippen molar-refractivity contribution in [2.24, 2.45) is 5.41 Å². The van der Waals surface area contributed by atoms with E-state index in [1.807, 2.05) is 0 Å². The van der Waals surface area contributed by atoms with E-state index < -0.39 is 15.4 Å². The average Bonchev–Trinajstić information content (AvgIpc) is 2.98. The summed E-state index contributed by atoms with van der Waals surface area (Å²) in [6.45, 7) is 3.79. The van der Waals surface area contributed by atoms with Crippen molar-refractivity contribution in [1.29, 1.82) is 0 Å². The largest absolute Gasteiger partial charge is 0.490 e. The van der Waals surface area contributed by atoms with Gasteiger partial charge in [-0.3, -0.25) is 9.52 Å². The fourth-order valence-electron chi connectivity index (χ4n) is 2.05. The van der Waals surface area contributed by atoms with E-state index in [4.69, 9.17) is 4.74 Å². The summed E-state index contributed by atoms with van der Waals surface area (Å²) in [5.74, 6) is 0.304. The highest BCUT2D eigenvalue weighted by Crippen LogP contribution is 2.34. The molecule has 0 unspecified atom stereocenters. The quantitative estimate of drug-likeness (QED) is 0.889. The lowest BCUT2D eigenvalue weighted by Gasteiger charge is -2.18. The molecule has 0 saturated heterocycles. The number of fused-ring (bicyclic) bond motifs is 1. The summed E-state index contributed by atoms with van der Waals surface area (Å²) in [5.41, 5.74) is 0.251. The second-order valence-electron chi connectivity index (χ2n) is 5.88. The molecule has 1 amide bonds. The van der Waals surface area contributed by atoms with Crippen LogP contribution in [0, 0.1) is 5.41 Å². The minimum Gasteiger partial charge on any atom is -0.490 e. The van der Waals surface area contributed by atoms with E-state index in [-0.39, 0.29) is 16.7 Å². The number of thiophene rings is 1. The number of carbonyl (C=O) groups is 1. The van der Waals surface area contributed by atoms with Crippen molar-refractivity contribution in [3.63, 3.8) is 0 Å². The molecule has 1 aliphatic heterocycles. The van der Waals surface area contributed by atoms with Crippen molar-refractivity contribution in [2.45, 2.75) is 18.1 Å². The van der Waals surface area contributed by atoms with Gasteiger partial charge in [0.2, 0.25) is 5.91 Å². The maximum atomic E-state index is 12.2. The predicted molar refractivity (Wildman–Crippen MR) is 89.5 cm³/mol. The van der Waals surface area contributed by atoms with Gasteiger partial charge in [0.1, 0.15) is 16.6 Å². The Morgan fingerprint density at radius 1 is 1.30 bits per heavy atom. The third kappa shape index (κ3) is 3.18. The van der Waals surface area contributed by atoms with Crippen LogP contribution in [-0.4, -0.2) is 20.9 Å². The summed E-state index contributed by atoms with van der Waals surface area (Å²) in [6.07, 6.45) is 0. The van der Waals surface area contributed by atoms with Crippen LogP contribution in [0.5, 0.6) is 5.75 Å². The number of benzene rings is 1. The lowest BCUT2D eigenvalue weighted by atomic mass is 9.94. The lowest BCUT2D eigenvalue weighted by Crippen LogP contribution is -2.33. The van der Waals surface area contributed by atoms with Gasteiger partial charge in [0, 0.05) is 6.07 Å². The summed E-state index contributed by atoms with van der Waals surface area (Å²) in [4.78, 5) is 12.1. The lowest BCUT2D eigenvalue weighted by molar-refractivity contribution is -0.124. The summed E-state index contributed by atoms with van der Waals surface area (Å²) in [7, 11) is -3.61. The van der Waals surface area contributed by atoms with Crippen molar-refractivity contribution in [1.82, 2.24) is 0 Å². The summed E-state index contributed by atoms with van der Waals surface area (Å²) < 4.78 is 32.9. The van der Waals surface area contributed by atoms with Crippen LogP contribution < -0.4 is 14.8 Å².